The van der Waals surface area contributed by atoms with Gasteiger partial charge in [-0.25, -0.2) is 15.0 Å². The minimum absolute atomic E-state index is 0.0362. The van der Waals surface area contributed by atoms with Crippen molar-refractivity contribution < 1.29 is 4.79 Å². The molecule has 0 spiro atoms. The predicted octanol–water partition coefficient (Wildman–Crippen LogP) is 2.03. The maximum atomic E-state index is 12.8. The zero-order valence-corrected chi connectivity index (χ0v) is 18.5. The maximum absolute atomic E-state index is 12.8. The van der Waals surface area contributed by atoms with Crippen LogP contribution < -0.4 is 10.2 Å². The molecule has 1 saturated carbocycles. The van der Waals surface area contributed by atoms with E-state index in [0.717, 1.165) is 60.7 Å². The number of carbonyl (C=O) groups is 1. The van der Waals surface area contributed by atoms with Gasteiger partial charge in [0.25, 0.3) is 5.91 Å². The molecule has 6 rings (SSSR count). The second-order valence-corrected chi connectivity index (χ2v) is 9.45. The number of aryl methyl sites for hydroxylation is 2. The average Bonchev–Trinajstić information content (AvgIpc) is 3.07. The van der Waals surface area contributed by atoms with E-state index < -0.39 is 0 Å². The number of imidazole rings is 1. The lowest BCUT2D eigenvalue weighted by Crippen LogP contribution is -2.32. The maximum Gasteiger partial charge on any atom is 0.255 e. The predicted molar refractivity (Wildman–Crippen MR) is 118 cm³/mol. The molecular formula is C23H28N8O. The molecule has 2 fully saturated rings. The van der Waals surface area contributed by atoms with Crippen LogP contribution >= 0.6 is 0 Å². The molecule has 0 bridgehead atoms. The second-order valence-electron chi connectivity index (χ2n) is 9.45. The lowest BCUT2D eigenvalue weighted by atomic mass is 10.1. The molecule has 9 heteroatoms. The molecule has 3 aromatic heterocycles. The first-order chi connectivity index (χ1) is 15.5. The first-order valence-corrected chi connectivity index (χ1v) is 11.5. The second kappa shape index (κ2) is 7.43. The fourth-order valence-electron chi connectivity index (χ4n) is 5.16. The van der Waals surface area contributed by atoms with Gasteiger partial charge in [0.1, 0.15) is 0 Å². The van der Waals surface area contributed by atoms with Gasteiger partial charge in [-0.05, 0) is 44.4 Å². The topological polar surface area (TPSA) is 93.8 Å². The van der Waals surface area contributed by atoms with E-state index in [1.165, 1.54) is 18.5 Å². The summed E-state index contributed by atoms with van der Waals surface area (Å²) < 4.78 is 3.81. The Morgan fingerprint density at radius 3 is 2.97 bits per heavy atom. The van der Waals surface area contributed by atoms with E-state index in [0.29, 0.717) is 12.1 Å². The normalized spacial score (nSPS) is 23.7. The van der Waals surface area contributed by atoms with Gasteiger partial charge in [0.05, 0.1) is 36.4 Å². The lowest BCUT2D eigenvalue weighted by molar-refractivity contribution is 0.0936. The summed E-state index contributed by atoms with van der Waals surface area (Å²) >= 11 is 0. The third-order valence-electron chi connectivity index (χ3n) is 7.27. The van der Waals surface area contributed by atoms with Gasteiger partial charge in [0, 0.05) is 49.5 Å². The van der Waals surface area contributed by atoms with Crippen LogP contribution in [0.2, 0.25) is 0 Å². The van der Waals surface area contributed by atoms with Crippen molar-refractivity contribution >= 4 is 11.9 Å². The van der Waals surface area contributed by atoms with Crippen molar-refractivity contribution in [2.75, 3.05) is 18.0 Å². The molecule has 4 heterocycles. The third kappa shape index (κ3) is 3.45. The summed E-state index contributed by atoms with van der Waals surface area (Å²) in [7, 11) is 1.99. The first kappa shape index (κ1) is 19.5. The summed E-state index contributed by atoms with van der Waals surface area (Å²) in [6, 6.07) is -0.0362. The Labute approximate surface area is 186 Å². The van der Waals surface area contributed by atoms with Crippen LogP contribution in [-0.4, -0.2) is 48.3 Å². The summed E-state index contributed by atoms with van der Waals surface area (Å²) in [5.41, 5.74) is 4.71. The standard InChI is InChI=1S/C23H28N8O/c1-14-17(8-24-23(27-14)30-6-5-15-7-16(15)10-30)11-31-12-18(9-26-31)22(32)28-19-3-4-20-21(19)25-13-29(20)2/h8-9,12-13,15-16,19H,3-7,10-11H2,1-2H3,(H,28,32)/t15?,16?,19-/m1/s1. The highest BCUT2D eigenvalue weighted by Crippen LogP contribution is 2.45. The molecule has 2 aliphatic carbocycles. The molecule has 1 amide bonds. The van der Waals surface area contributed by atoms with Gasteiger partial charge in [-0.15, -0.1) is 0 Å². The van der Waals surface area contributed by atoms with Gasteiger partial charge in [-0.1, -0.05) is 0 Å². The Morgan fingerprint density at radius 1 is 1.22 bits per heavy atom. The molecule has 3 aromatic rings. The molecule has 3 atom stereocenters. The summed E-state index contributed by atoms with van der Waals surface area (Å²) in [5.74, 6) is 2.50. The molecule has 1 aliphatic heterocycles. The van der Waals surface area contributed by atoms with Gasteiger partial charge < -0.3 is 14.8 Å². The number of nitrogens with zero attached hydrogens (tertiary/aromatic N) is 7. The Hall–Kier alpha value is -3.23. The molecule has 1 N–H and O–H groups in total. The third-order valence-corrected chi connectivity index (χ3v) is 7.27. The van der Waals surface area contributed by atoms with Gasteiger partial charge in [0.15, 0.2) is 0 Å². The Balaban J connectivity index is 1.11. The van der Waals surface area contributed by atoms with Crippen LogP contribution in [0.4, 0.5) is 5.95 Å². The SMILES string of the molecule is Cc1nc(N2CCC3CC3C2)ncc1Cn1cc(C(=O)N[C@@H]2CCc3c2ncn3C)cn1. The molecule has 166 valence electrons. The fraction of sp³-hybridized carbons (Fsp3) is 0.522. The number of piperidine rings is 1. The van der Waals surface area contributed by atoms with Crippen molar-refractivity contribution in [1.29, 1.82) is 0 Å². The number of hydrogen-bond acceptors (Lipinski definition) is 6. The van der Waals surface area contributed by atoms with E-state index in [2.05, 4.69) is 25.3 Å². The Morgan fingerprint density at radius 2 is 2.12 bits per heavy atom. The van der Waals surface area contributed by atoms with Crippen LogP contribution in [0.3, 0.4) is 0 Å². The van der Waals surface area contributed by atoms with Crippen molar-refractivity contribution in [3.63, 3.8) is 0 Å². The first-order valence-electron chi connectivity index (χ1n) is 11.5. The minimum atomic E-state index is -0.119. The highest BCUT2D eigenvalue weighted by atomic mass is 16.1. The molecule has 2 unspecified atom stereocenters. The quantitative estimate of drug-likeness (QED) is 0.663. The Bertz CT molecular complexity index is 1180. The molecule has 1 saturated heterocycles. The van der Waals surface area contributed by atoms with Gasteiger partial charge >= 0.3 is 0 Å². The largest absolute Gasteiger partial charge is 0.343 e. The number of amides is 1. The van der Waals surface area contributed by atoms with Gasteiger partial charge in [-0.3, -0.25) is 9.48 Å². The Kier molecular flexibility index (Phi) is 4.51. The zero-order chi connectivity index (χ0) is 21.8. The molecular weight excluding hydrogens is 404 g/mol. The van der Waals surface area contributed by atoms with E-state index in [-0.39, 0.29) is 11.9 Å². The smallest absolute Gasteiger partial charge is 0.255 e. The van der Waals surface area contributed by atoms with E-state index in [9.17, 15) is 4.79 Å². The van der Waals surface area contributed by atoms with Gasteiger partial charge in [0.2, 0.25) is 5.95 Å². The van der Waals surface area contributed by atoms with Crippen molar-refractivity contribution in [2.45, 2.75) is 45.2 Å². The number of fused-ring (bicyclic) bond motifs is 2. The van der Waals surface area contributed by atoms with Crippen LogP contribution in [0.1, 0.15) is 58.3 Å². The van der Waals surface area contributed by atoms with Crippen LogP contribution in [-0.2, 0) is 20.0 Å². The number of hydrogen-bond donors (Lipinski definition) is 1. The van der Waals surface area contributed by atoms with E-state index in [1.54, 1.807) is 17.1 Å². The fourth-order valence-corrected chi connectivity index (χ4v) is 5.16. The minimum Gasteiger partial charge on any atom is -0.343 e. The van der Waals surface area contributed by atoms with Crippen molar-refractivity contribution in [1.82, 2.24) is 34.6 Å². The summed E-state index contributed by atoms with van der Waals surface area (Å²) in [4.78, 5) is 28.9. The van der Waals surface area contributed by atoms with E-state index >= 15 is 0 Å². The van der Waals surface area contributed by atoms with Gasteiger partial charge in [-0.2, -0.15) is 5.10 Å². The zero-order valence-electron chi connectivity index (χ0n) is 18.5. The average molecular weight is 433 g/mol. The summed E-state index contributed by atoms with van der Waals surface area (Å²) in [6.07, 6.45) is 11.6. The van der Waals surface area contributed by atoms with Crippen LogP contribution in [0, 0.1) is 18.8 Å². The number of nitrogens with one attached hydrogen (secondary N) is 1. The number of rotatable bonds is 5. The highest BCUT2D eigenvalue weighted by Gasteiger charge is 2.42. The number of aromatic nitrogens is 6. The van der Waals surface area contributed by atoms with E-state index in [1.807, 2.05) is 31.1 Å². The summed E-state index contributed by atoms with van der Waals surface area (Å²) in [6.45, 7) is 4.70. The van der Waals surface area contributed by atoms with E-state index in [4.69, 9.17) is 4.98 Å². The van der Waals surface area contributed by atoms with Crippen molar-refractivity contribution in [3.05, 3.63) is 53.1 Å². The van der Waals surface area contributed by atoms with Crippen LogP contribution in [0.15, 0.2) is 24.9 Å². The van der Waals surface area contributed by atoms with Crippen molar-refractivity contribution in [2.24, 2.45) is 18.9 Å². The molecule has 9 nitrogen and oxygen atoms in total. The molecule has 32 heavy (non-hydrogen) atoms. The number of anilines is 1. The van der Waals surface area contributed by atoms with Crippen molar-refractivity contribution in [3.8, 4) is 0 Å². The summed E-state index contributed by atoms with van der Waals surface area (Å²) in [5, 5.41) is 7.50. The molecule has 0 radical (unpaired) electrons. The number of carbonyl (C=O) groups excluding carboxylic acids is 1. The monoisotopic (exact) mass is 432 g/mol. The lowest BCUT2D eigenvalue weighted by Gasteiger charge is -2.26. The van der Waals surface area contributed by atoms with Crippen LogP contribution in [0.5, 0.6) is 0 Å². The molecule has 0 aromatic carbocycles. The molecule has 3 aliphatic rings. The van der Waals surface area contributed by atoms with Crippen LogP contribution in [0.25, 0.3) is 0 Å². The highest BCUT2D eigenvalue weighted by molar-refractivity contribution is 5.94.